The van der Waals surface area contributed by atoms with Crippen LogP contribution in [0.25, 0.3) is 10.2 Å². The maximum absolute atomic E-state index is 13.2. The Balaban J connectivity index is 1.40. The van der Waals surface area contributed by atoms with E-state index in [1.54, 1.807) is 23.8 Å². The van der Waals surface area contributed by atoms with E-state index in [1.165, 1.54) is 23.1 Å². The molecule has 0 aliphatic carbocycles. The maximum Gasteiger partial charge on any atom is 0.272 e. The number of hydrogen-bond acceptors (Lipinski definition) is 8. The summed E-state index contributed by atoms with van der Waals surface area (Å²) < 4.78 is 18.3. The average Bonchev–Trinajstić information content (AvgIpc) is 3.49. The third kappa shape index (κ3) is 4.39. The molecule has 0 saturated carbocycles. The van der Waals surface area contributed by atoms with Crippen LogP contribution in [0, 0.1) is 0 Å². The Morgan fingerprint density at radius 1 is 1.21 bits per heavy atom. The smallest absolute Gasteiger partial charge is 0.272 e. The minimum absolute atomic E-state index is 0.0846. The first-order valence-corrected chi connectivity index (χ1v) is 11.9. The Kier molecular flexibility index (Phi) is 5.93. The molecule has 1 amide bonds. The highest BCUT2D eigenvalue weighted by Gasteiger charge is 2.18. The fourth-order valence-corrected chi connectivity index (χ4v) is 5.04. The van der Waals surface area contributed by atoms with Crippen molar-refractivity contribution in [3.8, 4) is 17.2 Å². The molecule has 5 rings (SSSR count). The van der Waals surface area contributed by atoms with E-state index in [-0.39, 0.29) is 24.0 Å². The van der Waals surface area contributed by atoms with E-state index < -0.39 is 0 Å². The number of rotatable bonds is 7. The van der Waals surface area contributed by atoms with Crippen molar-refractivity contribution in [3.05, 3.63) is 69.8 Å². The van der Waals surface area contributed by atoms with E-state index in [9.17, 15) is 9.59 Å². The number of aromatic nitrogens is 2. The average molecular weight is 482 g/mol. The van der Waals surface area contributed by atoms with Crippen molar-refractivity contribution in [3.63, 3.8) is 0 Å². The minimum Gasteiger partial charge on any atom is -0.495 e. The molecule has 1 aliphatic heterocycles. The number of methoxy groups -OCH3 is 1. The molecule has 0 unspecified atom stereocenters. The van der Waals surface area contributed by atoms with Gasteiger partial charge in [0.15, 0.2) is 16.7 Å². The zero-order chi connectivity index (χ0) is 22.8. The molecule has 0 bridgehead atoms. The molecule has 0 radical (unpaired) electrons. The summed E-state index contributed by atoms with van der Waals surface area (Å²) >= 11 is 2.57. The van der Waals surface area contributed by atoms with Gasteiger partial charge >= 0.3 is 0 Å². The summed E-state index contributed by atoms with van der Waals surface area (Å²) in [4.78, 5) is 30.5. The molecular formula is C23H19N3O5S2. The topological polar surface area (TPSA) is 91.7 Å². The van der Waals surface area contributed by atoms with E-state index in [2.05, 4.69) is 10.3 Å². The number of para-hydroxylation sites is 2. The number of thioether (sulfide) groups is 1. The van der Waals surface area contributed by atoms with E-state index in [0.29, 0.717) is 44.9 Å². The minimum atomic E-state index is -0.223. The van der Waals surface area contributed by atoms with Gasteiger partial charge in [0, 0.05) is 0 Å². The van der Waals surface area contributed by atoms with Gasteiger partial charge < -0.3 is 19.5 Å². The molecule has 2 aromatic heterocycles. The van der Waals surface area contributed by atoms with E-state index in [0.717, 1.165) is 5.56 Å². The molecular weight excluding hydrogens is 462 g/mol. The summed E-state index contributed by atoms with van der Waals surface area (Å²) in [7, 11) is 1.55. The van der Waals surface area contributed by atoms with Crippen LogP contribution in [0.4, 0.5) is 5.69 Å². The lowest BCUT2D eigenvalue weighted by molar-refractivity contribution is -0.113. The quantitative estimate of drug-likeness (QED) is 0.315. The molecule has 0 atom stereocenters. The normalized spacial score (nSPS) is 12.2. The number of benzene rings is 2. The molecule has 2 aromatic carbocycles. The van der Waals surface area contributed by atoms with Gasteiger partial charge in [-0.3, -0.25) is 14.2 Å². The highest BCUT2D eigenvalue weighted by Crippen LogP contribution is 2.33. The molecule has 168 valence electrons. The fraction of sp³-hybridized carbons (Fsp3) is 0.174. The van der Waals surface area contributed by atoms with Gasteiger partial charge in [0.25, 0.3) is 5.56 Å². The number of thiophene rings is 1. The number of carbonyl (C=O) groups is 1. The number of fused-ring (bicyclic) bond motifs is 2. The van der Waals surface area contributed by atoms with Gasteiger partial charge in [0.05, 0.1) is 30.6 Å². The lowest BCUT2D eigenvalue weighted by Crippen LogP contribution is -2.24. The maximum atomic E-state index is 13.2. The number of hydrogen-bond donors (Lipinski definition) is 1. The van der Waals surface area contributed by atoms with Crippen LogP contribution >= 0.6 is 23.1 Å². The predicted molar refractivity (Wildman–Crippen MR) is 128 cm³/mol. The number of anilines is 1. The first-order chi connectivity index (χ1) is 16.1. The van der Waals surface area contributed by atoms with Crippen LogP contribution in [0.15, 0.2) is 63.9 Å². The van der Waals surface area contributed by atoms with E-state index in [1.807, 2.05) is 41.8 Å². The van der Waals surface area contributed by atoms with Crippen LogP contribution in [-0.4, -0.2) is 35.1 Å². The zero-order valence-corrected chi connectivity index (χ0v) is 19.2. The SMILES string of the molecule is COc1ccccc1NC(=O)CSc1nc2ccsc2c(=O)n1Cc1ccc2c(c1)OCO2. The molecule has 0 saturated heterocycles. The van der Waals surface area contributed by atoms with Crippen molar-refractivity contribution in [1.82, 2.24) is 9.55 Å². The first kappa shape index (κ1) is 21.4. The molecule has 10 heteroatoms. The van der Waals surface area contributed by atoms with Gasteiger partial charge in [0.2, 0.25) is 12.7 Å². The standard InChI is InChI=1S/C23H19N3O5S2/c1-29-17-5-3-2-4-15(17)24-20(27)12-33-23-25-16-8-9-32-21(16)22(28)26(23)11-14-6-7-18-19(10-14)31-13-30-18/h2-10H,11-13H2,1H3,(H,24,27). The van der Waals surface area contributed by atoms with Gasteiger partial charge in [-0.25, -0.2) is 4.98 Å². The summed E-state index contributed by atoms with van der Waals surface area (Å²) in [5.41, 5.74) is 1.95. The molecule has 0 spiro atoms. The molecule has 1 N–H and O–H groups in total. The van der Waals surface area contributed by atoms with E-state index in [4.69, 9.17) is 14.2 Å². The molecule has 0 fully saturated rings. The Bertz CT molecular complexity index is 1400. The van der Waals surface area contributed by atoms with Gasteiger partial charge in [-0.2, -0.15) is 0 Å². The summed E-state index contributed by atoms with van der Waals surface area (Å²) in [6.07, 6.45) is 0. The largest absolute Gasteiger partial charge is 0.495 e. The van der Waals surface area contributed by atoms with Crippen LogP contribution in [0.2, 0.25) is 0 Å². The van der Waals surface area contributed by atoms with E-state index >= 15 is 0 Å². The van der Waals surface area contributed by atoms with Crippen molar-refractivity contribution in [2.75, 3.05) is 25.0 Å². The van der Waals surface area contributed by atoms with Crippen molar-refractivity contribution in [2.24, 2.45) is 0 Å². The molecule has 3 heterocycles. The second-order valence-electron chi connectivity index (χ2n) is 7.15. The molecule has 4 aromatic rings. The molecule has 1 aliphatic rings. The van der Waals surface area contributed by atoms with Crippen LogP contribution in [-0.2, 0) is 11.3 Å². The zero-order valence-electron chi connectivity index (χ0n) is 17.6. The fourth-order valence-electron chi connectivity index (χ4n) is 3.46. The summed E-state index contributed by atoms with van der Waals surface area (Å²) in [6.45, 7) is 0.483. The second-order valence-corrected chi connectivity index (χ2v) is 9.00. The molecule has 8 nitrogen and oxygen atoms in total. The lowest BCUT2D eigenvalue weighted by atomic mass is 10.2. The number of ether oxygens (including phenoxy) is 3. The Hall–Kier alpha value is -3.50. The first-order valence-electron chi connectivity index (χ1n) is 10.0. The monoisotopic (exact) mass is 481 g/mol. The Labute approximate surface area is 197 Å². The highest BCUT2D eigenvalue weighted by molar-refractivity contribution is 7.99. The summed E-state index contributed by atoms with van der Waals surface area (Å²) in [5.74, 6) is 1.77. The van der Waals surface area contributed by atoms with Crippen LogP contribution < -0.4 is 25.1 Å². The third-order valence-electron chi connectivity index (χ3n) is 5.02. The van der Waals surface area contributed by atoms with Gasteiger partial charge in [0.1, 0.15) is 10.4 Å². The summed E-state index contributed by atoms with van der Waals surface area (Å²) in [5, 5.41) is 5.16. The Morgan fingerprint density at radius 2 is 2.06 bits per heavy atom. The van der Waals surface area contributed by atoms with Crippen LogP contribution in [0.5, 0.6) is 17.2 Å². The summed E-state index contributed by atoms with van der Waals surface area (Å²) in [6, 6.07) is 14.6. The number of amides is 1. The van der Waals surface area contributed by atoms with Gasteiger partial charge in [-0.15, -0.1) is 11.3 Å². The van der Waals surface area contributed by atoms with Crippen molar-refractivity contribution < 1.29 is 19.0 Å². The van der Waals surface area contributed by atoms with Crippen LogP contribution in [0.1, 0.15) is 5.56 Å². The second kappa shape index (κ2) is 9.16. The van der Waals surface area contributed by atoms with Crippen molar-refractivity contribution in [2.45, 2.75) is 11.7 Å². The lowest BCUT2D eigenvalue weighted by Gasteiger charge is -2.13. The van der Waals surface area contributed by atoms with Gasteiger partial charge in [-0.05, 0) is 41.3 Å². The Morgan fingerprint density at radius 3 is 2.94 bits per heavy atom. The third-order valence-corrected chi connectivity index (χ3v) is 6.89. The number of nitrogens with zero attached hydrogens (tertiary/aromatic N) is 2. The molecule has 33 heavy (non-hydrogen) atoms. The van der Waals surface area contributed by atoms with Crippen molar-refractivity contribution in [1.29, 1.82) is 0 Å². The number of nitrogens with one attached hydrogen (secondary N) is 1. The highest BCUT2D eigenvalue weighted by atomic mass is 32.2. The van der Waals surface area contributed by atoms with Crippen molar-refractivity contribution >= 4 is 44.9 Å². The van der Waals surface area contributed by atoms with Crippen LogP contribution in [0.3, 0.4) is 0 Å². The predicted octanol–water partition coefficient (Wildman–Crippen LogP) is 3.97. The number of carbonyl (C=O) groups excluding carboxylic acids is 1. The van der Waals surface area contributed by atoms with Gasteiger partial charge in [-0.1, -0.05) is 30.0 Å².